The fourth-order valence-corrected chi connectivity index (χ4v) is 3.10. The first-order valence-electron chi connectivity index (χ1n) is 7.10. The number of carbonyl (C=O) groups is 1. The molecule has 116 valence electrons. The van der Waals surface area contributed by atoms with E-state index in [9.17, 15) is 4.79 Å². The van der Waals surface area contributed by atoms with Gasteiger partial charge in [-0.05, 0) is 38.0 Å². The van der Waals surface area contributed by atoms with Gasteiger partial charge in [0.2, 0.25) is 0 Å². The Hall–Kier alpha value is -0.970. The summed E-state index contributed by atoms with van der Waals surface area (Å²) in [6.07, 6.45) is 1.58. The normalized spacial score (nSPS) is 25.2. The van der Waals surface area contributed by atoms with Crippen molar-refractivity contribution in [2.45, 2.75) is 45.4 Å². The molecule has 1 fully saturated rings. The van der Waals surface area contributed by atoms with Crippen molar-refractivity contribution in [3.8, 4) is 0 Å². The Balaban J connectivity index is 2.21. The van der Waals surface area contributed by atoms with Crippen molar-refractivity contribution in [2.24, 2.45) is 0 Å². The van der Waals surface area contributed by atoms with E-state index in [-0.39, 0.29) is 12.1 Å². The van der Waals surface area contributed by atoms with Gasteiger partial charge in [0.25, 0.3) is 0 Å². The lowest BCUT2D eigenvalue weighted by atomic mass is 10.1. The van der Waals surface area contributed by atoms with E-state index in [2.05, 4.69) is 5.32 Å². The zero-order valence-corrected chi connectivity index (χ0v) is 14.0. The minimum atomic E-state index is -0.576. The molecule has 1 N–H and O–H groups in total. The highest BCUT2D eigenvalue weighted by molar-refractivity contribution is 6.35. The minimum Gasteiger partial charge on any atom is -0.354 e. The second kappa shape index (κ2) is 6.42. The zero-order valence-electron chi connectivity index (χ0n) is 12.5. The summed E-state index contributed by atoms with van der Waals surface area (Å²) in [7, 11) is 0. The summed E-state index contributed by atoms with van der Waals surface area (Å²) in [5.41, 5.74) is 0.00495. The van der Waals surface area contributed by atoms with Crippen molar-refractivity contribution in [1.29, 1.82) is 0 Å². The first-order chi connectivity index (χ1) is 9.89. The first kappa shape index (κ1) is 16.4. The summed E-state index contributed by atoms with van der Waals surface area (Å²) in [5, 5.41) is 3.83. The Morgan fingerprint density at radius 1 is 1.38 bits per heavy atom. The van der Waals surface area contributed by atoms with E-state index in [1.807, 2.05) is 20.8 Å². The van der Waals surface area contributed by atoms with E-state index in [4.69, 9.17) is 27.9 Å². The van der Waals surface area contributed by atoms with Crippen LogP contribution < -0.4 is 5.32 Å². The predicted octanol–water partition coefficient (Wildman–Crippen LogP) is 4.76. The monoisotopic (exact) mass is 330 g/mol. The number of hydrogen-bond donors (Lipinski definition) is 1. The molecule has 0 spiro atoms. The number of halogens is 2. The van der Waals surface area contributed by atoms with Crippen LogP contribution in [0, 0.1) is 0 Å². The number of ether oxygens (including phenoxy) is 1. The van der Waals surface area contributed by atoms with Crippen LogP contribution in [0.3, 0.4) is 0 Å². The molecule has 1 aliphatic rings. The smallest absolute Gasteiger partial charge is 0.324 e. The van der Waals surface area contributed by atoms with Gasteiger partial charge in [-0.15, -0.1) is 0 Å². The topological polar surface area (TPSA) is 41.6 Å². The van der Waals surface area contributed by atoms with Crippen LogP contribution in [0.1, 0.15) is 33.6 Å². The number of urea groups is 1. The van der Waals surface area contributed by atoms with Gasteiger partial charge in [0, 0.05) is 15.7 Å². The maximum absolute atomic E-state index is 12.6. The predicted molar refractivity (Wildman–Crippen MR) is 86.0 cm³/mol. The number of benzene rings is 1. The Labute approximate surface area is 135 Å². The maximum atomic E-state index is 12.6. The second-order valence-corrected chi connectivity index (χ2v) is 6.23. The van der Waals surface area contributed by atoms with Gasteiger partial charge in [0.05, 0.1) is 12.6 Å². The molecule has 0 saturated carbocycles. The van der Waals surface area contributed by atoms with Crippen molar-refractivity contribution in [3.63, 3.8) is 0 Å². The van der Waals surface area contributed by atoms with Gasteiger partial charge >= 0.3 is 6.03 Å². The number of anilines is 1. The molecule has 4 nitrogen and oxygen atoms in total. The van der Waals surface area contributed by atoms with Crippen molar-refractivity contribution < 1.29 is 9.53 Å². The van der Waals surface area contributed by atoms with Crippen molar-refractivity contribution in [2.75, 3.05) is 11.9 Å². The molecule has 0 radical (unpaired) electrons. The van der Waals surface area contributed by atoms with Crippen LogP contribution in [0.2, 0.25) is 10.0 Å². The Morgan fingerprint density at radius 3 is 2.52 bits per heavy atom. The zero-order chi connectivity index (χ0) is 15.6. The third-order valence-electron chi connectivity index (χ3n) is 3.92. The van der Waals surface area contributed by atoms with Gasteiger partial charge in [0.1, 0.15) is 5.72 Å². The van der Waals surface area contributed by atoms with Gasteiger partial charge in [-0.25, -0.2) is 4.79 Å². The highest BCUT2D eigenvalue weighted by atomic mass is 35.5. The quantitative estimate of drug-likeness (QED) is 0.867. The van der Waals surface area contributed by atoms with Crippen LogP contribution in [-0.4, -0.2) is 29.3 Å². The van der Waals surface area contributed by atoms with Gasteiger partial charge in [-0.2, -0.15) is 0 Å². The summed E-state index contributed by atoms with van der Waals surface area (Å²) in [6.45, 7) is 6.55. The lowest BCUT2D eigenvalue weighted by molar-refractivity contribution is -0.0494. The third kappa shape index (κ3) is 3.44. The molecule has 1 saturated heterocycles. The average Bonchev–Trinajstić information content (AvgIpc) is 2.75. The molecule has 0 aromatic heterocycles. The standard InChI is InChI=1S/C15H20Cl2N2O2/c1-4-13-9-21-15(3,5-2)19(13)14(20)18-12-7-10(16)6-11(17)8-12/h6-8,13H,4-5,9H2,1-3H3,(H,18,20). The summed E-state index contributed by atoms with van der Waals surface area (Å²) in [5.74, 6) is 0. The molecule has 1 heterocycles. The van der Waals surface area contributed by atoms with E-state index >= 15 is 0 Å². The summed E-state index contributed by atoms with van der Waals surface area (Å²) < 4.78 is 5.83. The first-order valence-corrected chi connectivity index (χ1v) is 7.85. The van der Waals surface area contributed by atoms with E-state index in [1.165, 1.54) is 0 Å². The summed E-state index contributed by atoms with van der Waals surface area (Å²) in [4.78, 5) is 14.4. The van der Waals surface area contributed by atoms with Crippen LogP contribution in [0.4, 0.5) is 10.5 Å². The molecule has 2 unspecified atom stereocenters. The molecule has 1 aliphatic heterocycles. The highest BCUT2D eigenvalue weighted by Crippen LogP contribution is 2.33. The third-order valence-corrected chi connectivity index (χ3v) is 4.36. The molecule has 0 bridgehead atoms. The van der Waals surface area contributed by atoms with Gasteiger partial charge < -0.3 is 10.1 Å². The van der Waals surface area contributed by atoms with Crippen molar-refractivity contribution in [1.82, 2.24) is 4.90 Å². The van der Waals surface area contributed by atoms with Gasteiger partial charge in [-0.3, -0.25) is 4.90 Å². The molecule has 2 rings (SSSR count). The number of nitrogens with one attached hydrogen (secondary N) is 1. The average molecular weight is 331 g/mol. The van der Waals surface area contributed by atoms with Gasteiger partial charge in [-0.1, -0.05) is 37.0 Å². The molecule has 2 atom stereocenters. The minimum absolute atomic E-state index is 0.0737. The maximum Gasteiger partial charge on any atom is 0.324 e. The lowest BCUT2D eigenvalue weighted by Gasteiger charge is -2.35. The summed E-state index contributed by atoms with van der Waals surface area (Å²) in [6, 6.07) is 4.86. The number of nitrogens with zero attached hydrogens (tertiary/aromatic N) is 1. The van der Waals surface area contributed by atoms with Crippen LogP contribution in [0.5, 0.6) is 0 Å². The van der Waals surface area contributed by atoms with E-state index in [0.29, 0.717) is 22.3 Å². The van der Waals surface area contributed by atoms with Crippen LogP contribution in [0.25, 0.3) is 0 Å². The fourth-order valence-electron chi connectivity index (χ4n) is 2.57. The molecular weight excluding hydrogens is 311 g/mol. The fraction of sp³-hybridized carbons (Fsp3) is 0.533. The SMILES string of the molecule is CCC1COC(C)(CC)N1C(=O)Nc1cc(Cl)cc(Cl)c1. The number of carbonyl (C=O) groups excluding carboxylic acids is 1. The lowest BCUT2D eigenvalue weighted by Crippen LogP contribution is -2.51. The number of amides is 2. The van der Waals surface area contributed by atoms with E-state index in [0.717, 1.165) is 12.8 Å². The molecular formula is C15H20Cl2N2O2. The molecule has 1 aromatic rings. The summed E-state index contributed by atoms with van der Waals surface area (Å²) >= 11 is 11.9. The molecule has 6 heteroatoms. The molecule has 21 heavy (non-hydrogen) atoms. The van der Waals surface area contributed by atoms with E-state index < -0.39 is 5.72 Å². The Kier molecular flexibility index (Phi) is 5.02. The van der Waals surface area contributed by atoms with Crippen LogP contribution >= 0.6 is 23.2 Å². The van der Waals surface area contributed by atoms with E-state index in [1.54, 1.807) is 23.1 Å². The molecule has 0 aliphatic carbocycles. The van der Waals surface area contributed by atoms with Crippen LogP contribution in [0.15, 0.2) is 18.2 Å². The molecule has 1 aromatic carbocycles. The van der Waals surface area contributed by atoms with Crippen molar-refractivity contribution >= 4 is 34.9 Å². The Morgan fingerprint density at radius 2 is 2.00 bits per heavy atom. The largest absolute Gasteiger partial charge is 0.354 e. The molecule has 2 amide bonds. The van der Waals surface area contributed by atoms with Gasteiger partial charge in [0.15, 0.2) is 0 Å². The highest BCUT2D eigenvalue weighted by Gasteiger charge is 2.45. The Bertz CT molecular complexity index is 518. The second-order valence-electron chi connectivity index (χ2n) is 5.36. The number of hydrogen-bond acceptors (Lipinski definition) is 2. The van der Waals surface area contributed by atoms with Crippen LogP contribution in [-0.2, 0) is 4.74 Å². The van der Waals surface area contributed by atoms with Crippen molar-refractivity contribution in [3.05, 3.63) is 28.2 Å². The number of rotatable bonds is 3.